The quantitative estimate of drug-likeness (QED) is 0.881. The Morgan fingerprint density at radius 2 is 1.60 bits per heavy atom. The first-order chi connectivity index (χ1) is 12.0. The number of para-hydroxylation sites is 1. The van der Waals surface area contributed by atoms with E-state index in [1.807, 2.05) is 43.3 Å². The number of carbonyl (C=O) groups is 1. The Labute approximate surface area is 151 Å². The van der Waals surface area contributed by atoms with E-state index in [2.05, 4.69) is 42.3 Å². The lowest BCUT2D eigenvalue weighted by Crippen LogP contribution is -2.48. The molecule has 25 heavy (non-hydrogen) atoms. The summed E-state index contributed by atoms with van der Waals surface area (Å²) in [5.41, 5.74) is 3.05. The highest BCUT2D eigenvalue weighted by Gasteiger charge is 2.29. The molecule has 2 aromatic rings. The Balaban J connectivity index is 1.75. The lowest BCUT2D eigenvalue weighted by molar-refractivity contribution is -0.121. The van der Waals surface area contributed by atoms with Gasteiger partial charge in [0.1, 0.15) is 0 Å². The number of likely N-dealkylation sites (tertiary alicyclic amines) is 1. The highest BCUT2D eigenvalue weighted by Crippen LogP contribution is 2.28. The molecule has 0 bridgehead atoms. The molecular formula is C22H28N2O. The van der Waals surface area contributed by atoms with Crippen LogP contribution in [-0.4, -0.2) is 29.9 Å². The molecule has 1 N–H and O–H groups in total. The van der Waals surface area contributed by atoms with E-state index in [9.17, 15) is 4.79 Å². The Bertz CT molecular complexity index is 703. The van der Waals surface area contributed by atoms with E-state index in [1.165, 1.54) is 6.42 Å². The molecule has 2 aromatic carbocycles. The van der Waals surface area contributed by atoms with Crippen molar-refractivity contribution >= 4 is 11.6 Å². The van der Waals surface area contributed by atoms with Crippen LogP contribution >= 0.6 is 0 Å². The summed E-state index contributed by atoms with van der Waals surface area (Å²) >= 11 is 0. The van der Waals surface area contributed by atoms with Crippen LogP contribution in [0.1, 0.15) is 27.2 Å². The minimum Gasteiger partial charge on any atom is -0.324 e. The Kier molecular flexibility index (Phi) is 5.54. The summed E-state index contributed by atoms with van der Waals surface area (Å²) in [4.78, 5) is 15.2. The molecule has 0 saturated carbocycles. The van der Waals surface area contributed by atoms with Crippen LogP contribution in [0.4, 0.5) is 5.69 Å². The molecule has 3 rings (SSSR count). The van der Waals surface area contributed by atoms with Gasteiger partial charge >= 0.3 is 0 Å². The smallest absolute Gasteiger partial charge is 0.241 e. The van der Waals surface area contributed by atoms with Crippen LogP contribution in [0.2, 0.25) is 0 Å². The second kappa shape index (κ2) is 7.83. The molecule has 3 heteroatoms. The molecule has 1 amide bonds. The monoisotopic (exact) mass is 336 g/mol. The molecule has 0 unspecified atom stereocenters. The van der Waals surface area contributed by atoms with E-state index in [4.69, 9.17) is 0 Å². The highest BCUT2D eigenvalue weighted by molar-refractivity contribution is 5.98. The number of carbonyl (C=O) groups excluding carboxylic acids is 1. The van der Waals surface area contributed by atoms with E-state index in [0.29, 0.717) is 11.8 Å². The van der Waals surface area contributed by atoms with Gasteiger partial charge in [-0.25, -0.2) is 0 Å². The lowest BCUT2D eigenvalue weighted by atomic mass is 9.91. The zero-order valence-electron chi connectivity index (χ0n) is 15.4. The zero-order valence-corrected chi connectivity index (χ0v) is 15.4. The first kappa shape index (κ1) is 17.7. The van der Waals surface area contributed by atoms with Crippen molar-refractivity contribution in [3.63, 3.8) is 0 Å². The summed E-state index contributed by atoms with van der Waals surface area (Å²) in [6.45, 7) is 8.57. The van der Waals surface area contributed by atoms with Crippen LogP contribution in [0.5, 0.6) is 0 Å². The van der Waals surface area contributed by atoms with Gasteiger partial charge in [-0.3, -0.25) is 9.69 Å². The SMILES string of the molecule is C[C@@H]1C[C@H](C)CN([C@H](C)C(=O)Nc2ccccc2-c2ccccc2)C1. The molecule has 0 aromatic heterocycles. The first-order valence-electron chi connectivity index (χ1n) is 9.24. The van der Waals surface area contributed by atoms with E-state index < -0.39 is 0 Å². The number of piperidine rings is 1. The van der Waals surface area contributed by atoms with Crippen molar-refractivity contribution in [1.29, 1.82) is 0 Å². The van der Waals surface area contributed by atoms with Gasteiger partial charge in [0, 0.05) is 24.3 Å². The minimum atomic E-state index is -0.117. The van der Waals surface area contributed by atoms with Gasteiger partial charge in [-0.05, 0) is 36.8 Å². The molecule has 1 fully saturated rings. The van der Waals surface area contributed by atoms with Crippen molar-refractivity contribution in [2.24, 2.45) is 11.8 Å². The number of anilines is 1. The second-order valence-electron chi connectivity index (χ2n) is 7.48. The van der Waals surface area contributed by atoms with E-state index in [1.54, 1.807) is 0 Å². The normalized spacial score (nSPS) is 22.4. The van der Waals surface area contributed by atoms with Gasteiger partial charge in [0.05, 0.1) is 6.04 Å². The van der Waals surface area contributed by atoms with E-state index in [0.717, 1.165) is 29.9 Å². The second-order valence-corrected chi connectivity index (χ2v) is 7.48. The molecule has 1 aliphatic rings. The van der Waals surface area contributed by atoms with Crippen molar-refractivity contribution in [3.05, 3.63) is 54.6 Å². The van der Waals surface area contributed by atoms with Crippen LogP contribution in [0.3, 0.4) is 0 Å². The predicted octanol–water partition coefficient (Wildman–Crippen LogP) is 4.66. The molecule has 1 saturated heterocycles. The van der Waals surface area contributed by atoms with E-state index in [-0.39, 0.29) is 11.9 Å². The third-order valence-electron chi connectivity index (χ3n) is 5.09. The van der Waals surface area contributed by atoms with Crippen molar-refractivity contribution in [2.45, 2.75) is 33.2 Å². The van der Waals surface area contributed by atoms with Gasteiger partial charge in [-0.2, -0.15) is 0 Å². The largest absolute Gasteiger partial charge is 0.324 e. The standard InChI is InChI=1S/C22H28N2O/c1-16-13-17(2)15-24(14-16)18(3)22(25)23-21-12-8-7-11-20(21)19-9-5-4-6-10-19/h4-12,16-18H,13-15H2,1-3H3,(H,23,25)/t16-,17+,18-/m1/s1. The maximum absolute atomic E-state index is 12.9. The number of hydrogen-bond donors (Lipinski definition) is 1. The van der Waals surface area contributed by atoms with Crippen LogP contribution in [0.25, 0.3) is 11.1 Å². The third-order valence-corrected chi connectivity index (χ3v) is 5.09. The van der Waals surface area contributed by atoms with Crippen molar-refractivity contribution in [1.82, 2.24) is 4.90 Å². The molecular weight excluding hydrogens is 308 g/mol. The van der Waals surface area contributed by atoms with Crippen LogP contribution in [0.15, 0.2) is 54.6 Å². The van der Waals surface area contributed by atoms with Gasteiger partial charge < -0.3 is 5.32 Å². The number of hydrogen-bond acceptors (Lipinski definition) is 2. The molecule has 132 valence electrons. The number of rotatable bonds is 4. The summed E-state index contributed by atoms with van der Waals surface area (Å²) in [5.74, 6) is 1.37. The summed E-state index contributed by atoms with van der Waals surface area (Å²) in [6.07, 6.45) is 1.25. The minimum absolute atomic E-state index is 0.0738. The molecule has 0 aliphatic carbocycles. The summed E-state index contributed by atoms with van der Waals surface area (Å²) in [5, 5.41) is 3.16. The molecule has 0 spiro atoms. The fourth-order valence-corrected chi connectivity index (χ4v) is 3.89. The Morgan fingerprint density at radius 3 is 2.28 bits per heavy atom. The van der Waals surface area contributed by atoms with Gasteiger partial charge in [0.15, 0.2) is 0 Å². The number of nitrogens with zero attached hydrogens (tertiary/aromatic N) is 1. The first-order valence-corrected chi connectivity index (χ1v) is 9.24. The predicted molar refractivity (Wildman–Crippen MR) is 104 cm³/mol. The van der Waals surface area contributed by atoms with Crippen LogP contribution < -0.4 is 5.32 Å². The average Bonchev–Trinajstić information content (AvgIpc) is 2.61. The molecule has 0 radical (unpaired) electrons. The van der Waals surface area contributed by atoms with Crippen molar-refractivity contribution < 1.29 is 4.79 Å². The van der Waals surface area contributed by atoms with Crippen molar-refractivity contribution in [3.8, 4) is 11.1 Å². The molecule has 3 atom stereocenters. The van der Waals surface area contributed by atoms with Crippen molar-refractivity contribution in [2.75, 3.05) is 18.4 Å². The van der Waals surface area contributed by atoms with Gasteiger partial charge in [0.2, 0.25) is 5.91 Å². The maximum Gasteiger partial charge on any atom is 0.241 e. The molecule has 1 aliphatic heterocycles. The van der Waals surface area contributed by atoms with E-state index >= 15 is 0 Å². The summed E-state index contributed by atoms with van der Waals surface area (Å²) < 4.78 is 0. The Hall–Kier alpha value is -2.13. The topological polar surface area (TPSA) is 32.3 Å². The van der Waals surface area contributed by atoms with Crippen LogP contribution in [0, 0.1) is 11.8 Å². The Morgan fingerprint density at radius 1 is 1.00 bits per heavy atom. The average molecular weight is 336 g/mol. The van der Waals surface area contributed by atoms with Gasteiger partial charge in [-0.1, -0.05) is 62.4 Å². The number of nitrogens with one attached hydrogen (secondary N) is 1. The number of amides is 1. The number of benzene rings is 2. The summed E-state index contributed by atoms with van der Waals surface area (Å²) in [7, 11) is 0. The molecule has 1 heterocycles. The maximum atomic E-state index is 12.9. The summed E-state index contributed by atoms with van der Waals surface area (Å²) in [6, 6.07) is 18.1. The van der Waals surface area contributed by atoms with Gasteiger partial charge in [0.25, 0.3) is 0 Å². The fourth-order valence-electron chi connectivity index (χ4n) is 3.89. The molecule has 3 nitrogen and oxygen atoms in total. The fraction of sp³-hybridized carbons (Fsp3) is 0.409. The van der Waals surface area contributed by atoms with Gasteiger partial charge in [-0.15, -0.1) is 0 Å². The zero-order chi connectivity index (χ0) is 17.8. The highest BCUT2D eigenvalue weighted by atomic mass is 16.2. The lowest BCUT2D eigenvalue weighted by Gasteiger charge is -2.38. The van der Waals surface area contributed by atoms with Crippen LogP contribution in [-0.2, 0) is 4.79 Å². The third kappa shape index (κ3) is 4.29.